The fraction of sp³-hybridized carbons (Fsp3) is 0.458. The van der Waals surface area contributed by atoms with Gasteiger partial charge in [-0.3, -0.25) is 4.79 Å². The van der Waals surface area contributed by atoms with Crippen molar-refractivity contribution >= 4 is 35.1 Å². The molecule has 7 heteroatoms. The van der Waals surface area contributed by atoms with Gasteiger partial charge in [0.15, 0.2) is 0 Å². The van der Waals surface area contributed by atoms with E-state index in [9.17, 15) is 9.59 Å². The van der Waals surface area contributed by atoms with Crippen LogP contribution in [0.4, 0.5) is 16.3 Å². The van der Waals surface area contributed by atoms with E-state index < -0.39 is 17.6 Å². The lowest BCUT2D eigenvalue weighted by molar-refractivity contribution is 0.0248. The molecule has 2 aromatic rings. The highest BCUT2D eigenvalue weighted by Crippen LogP contribution is 2.36. The van der Waals surface area contributed by atoms with Crippen LogP contribution in [-0.4, -0.2) is 27.5 Å². The number of imide groups is 1. The Kier molecular flexibility index (Phi) is 8.07. The van der Waals surface area contributed by atoms with Gasteiger partial charge < -0.3 is 10.1 Å². The molecule has 31 heavy (non-hydrogen) atoms. The summed E-state index contributed by atoms with van der Waals surface area (Å²) in [7, 11) is 0. The summed E-state index contributed by atoms with van der Waals surface area (Å²) in [6, 6.07) is 7.34. The van der Waals surface area contributed by atoms with Crippen LogP contribution in [0.2, 0.25) is 5.02 Å². The van der Waals surface area contributed by atoms with Gasteiger partial charge in [-0.15, -0.1) is 0 Å². The van der Waals surface area contributed by atoms with Crippen molar-refractivity contribution < 1.29 is 14.3 Å². The van der Waals surface area contributed by atoms with Crippen LogP contribution in [0, 0.1) is 0 Å². The van der Waals surface area contributed by atoms with Gasteiger partial charge in [-0.2, -0.15) is 0 Å². The van der Waals surface area contributed by atoms with E-state index >= 15 is 0 Å². The Labute approximate surface area is 190 Å². The third-order valence-electron chi connectivity index (χ3n) is 4.88. The van der Waals surface area contributed by atoms with Crippen LogP contribution in [0.5, 0.6) is 0 Å². The molecule has 6 nitrogen and oxygen atoms in total. The summed E-state index contributed by atoms with van der Waals surface area (Å²) in [4.78, 5) is 31.0. The first-order valence-electron chi connectivity index (χ1n) is 10.7. The number of benzene rings is 1. The van der Waals surface area contributed by atoms with Gasteiger partial charge in [-0.05, 0) is 56.9 Å². The first-order chi connectivity index (χ1) is 14.6. The number of carbonyl (C=O) groups excluding carboxylic acids is 2. The quantitative estimate of drug-likeness (QED) is 0.553. The number of fused-ring (bicyclic) bond motifs is 1. The Morgan fingerprint density at radius 2 is 1.94 bits per heavy atom. The second-order valence-corrected chi connectivity index (χ2v) is 8.64. The molecule has 1 aromatic carbocycles. The molecule has 0 radical (unpaired) electrons. The van der Waals surface area contributed by atoms with E-state index in [4.69, 9.17) is 16.3 Å². The Hall–Kier alpha value is -2.60. The topological polar surface area (TPSA) is 71.5 Å². The maximum Gasteiger partial charge on any atom is 0.417 e. The molecular formula is C24H32ClN3O3. The van der Waals surface area contributed by atoms with Gasteiger partial charge in [0.25, 0.3) is 5.91 Å². The Morgan fingerprint density at radius 3 is 2.48 bits per heavy atom. The van der Waals surface area contributed by atoms with E-state index in [0.717, 1.165) is 16.9 Å². The van der Waals surface area contributed by atoms with Crippen LogP contribution in [0.3, 0.4) is 0 Å². The van der Waals surface area contributed by atoms with Gasteiger partial charge in [-0.1, -0.05) is 45.4 Å². The molecule has 1 N–H and O–H groups in total. The minimum Gasteiger partial charge on any atom is -0.443 e. The maximum atomic E-state index is 13.0. The molecule has 0 spiro atoms. The highest BCUT2D eigenvalue weighted by atomic mass is 35.5. The number of aromatic nitrogens is 1. The number of hydrogen-bond acceptors (Lipinski definition) is 5. The number of nitrogens with zero attached hydrogens (tertiary/aromatic N) is 2. The molecule has 1 atom stereocenters. The zero-order valence-corrected chi connectivity index (χ0v) is 20.1. The molecule has 0 saturated carbocycles. The Morgan fingerprint density at radius 1 is 1.26 bits per heavy atom. The zero-order chi connectivity index (χ0) is 23.3. The highest BCUT2D eigenvalue weighted by molar-refractivity contribution is 6.32. The monoisotopic (exact) mass is 445 g/mol. The molecule has 0 bridgehead atoms. The van der Waals surface area contributed by atoms with Crippen molar-refractivity contribution in [3.05, 3.63) is 52.2 Å². The van der Waals surface area contributed by atoms with E-state index in [1.54, 1.807) is 32.9 Å². The Bertz CT molecular complexity index is 936. The molecule has 1 aliphatic rings. The standard InChI is InChI=1S/C22H26ClN3O3.C2H6/c1-6-13(2)14-7-10-18(24-11-14)25-17-9-8-16(23)15-12-26(20(27)19(15)17)21(28)29-22(3,4)5;1-2/h7-11,13H,6,12H2,1-5H3,(H,24,25);1-2H3. The molecule has 168 valence electrons. The second-order valence-electron chi connectivity index (χ2n) is 8.23. The smallest absolute Gasteiger partial charge is 0.417 e. The lowest BCUT2D eigenvalue weighted by Gasteiger charge is -2.23. The minimum atomic E-state index is -0.696. The summed E-state index contributed by atoms with van der Waals surface area (Å²) in [6.07, 6.45) is 2.19. The molecule has 1 aromatic heterocycles. The average Bonchev–Trinajstić information content (AvgIpc) is 3.09. The number of rotatable bonds is 4. The molecule has 0 fully saturated rings. The first kappa shape index (κ1) is 24.7. The maximum absolute atomic E-state index is 13.0. The minimum absolute atomic E-state index is 0.0812. The van der Waals surface area contributed by atoms with Crippen molar-refractivity contribution in [2.45, 2.75) is 73.0 Å². The number of ether oxygens (including phenoxy) is 1. The van der Waals surface area contributed by atoms with Crippen LogP contribution in [-0.2, 0) is 11.3 Å². The third-order valence-corrected chi connectivity index (χ3v) is 5.23. The summed E-state index contributed by atoms with van der Waals surface area (Å²) in [5, 5.41) is 3.62. The first-order valence-corrected chi connectivity index (χ1v) is 11.1. The number of carbonyl (C=O) groups is 2. The third kappa shape index (κ3) is 5.76. The summed E-state index contributed by atoms with van der Waals surface area (Å²) in [5.41, 5.74) is 1.99. The number of pyridine rings is 1. The fourth-order valence-corrected chi connectivity index (χ4v) is 3.32. The van der Waals surface area contributed by atoms with E-state index in [-0.39, 0.29) is 6.54 Å². The molecule has 2 amide bonds. The van der Waals surface area contributed by atoms with Gasteiger partial charge in [0.05, 0.1) is 17.8 Å². The van der Waals surface area contributed by atoms with Gasteiger partial charge in [-0.25, -0.2) is 14.7 Å². The number of anilines is 2. The molecule has 3 rings (SSSR count). The number of nitrogens with one attached hydrogen (secondary N) is 1. The molecular weight excluding hydrogens is 414 g/mol. The lowest BCUT2D eigenvalue weighted by atomic mass is 10.0. The molecule has 2 heterocycles. The van der Waals surface area contributed by atoms with E-state index in [2.05, 4.69) is 24.1 Å². The molecule has 0 aliphatic carbocycles. The van der Waals surface area contributed by atoms with Crippen molar-refractivity contribution in [3.63, 3.8) is 0 Å². The van der Waals surface area contributed by atoms with Crippen molar-refractivity contribution in [2.75, 3.05) is 5.32 Å². The van der Waals surface area contributed by atoms with E-state index in [1.165, 1.54) is 0 Å². The molecule has 0 saturated heterocycles. The van der Waals surface area contributed by atoms with Gasteiger partial charge in [0, 0.05) is 16.8 Å². The SMILES string of the molecule is CC.CCC(C)c1ccc(Nc2ccc(Cl)c3c2C(=O)N(C(=O)OC(C)(C)C)C3)nc1. The summed E-state index contributed by atoms with van der Waals surface area (Å²) in [5.74, 6) is 0.612. The number of hydrogen-bond donors (Lipinski definition) is 1. The highest BCUT2D eigenvalue weighted by Gasteiger charge is 2.38. The fourth-order valence-electron chi connectivity index (χ4n) is 3.10. The van der Waals surface area contributed by atoms with E-state index in [1.807, 2.05) is 32.2 Å². The molecule has 1 aliphatic heterocycles. The lowest BCUT2D eigenvalue weighted by Crippen LogP contribution is -2.37. The van der Waals surface area contributed by atoms with Gasteiger partial charge in [0.1, 0.15) is 11.4 Å². The van der Waals surface area contributed by atoms with Crippen LogP contribution >= 0.6 is 11.6 Å². The second kappa shape index (κ2) is 10.1. The molecule has 1 unspecified atom stereocenters. The van der Waals surface area contributed by atoms with Gasteiger partial charge in [0.2, 0.25) is 0 Å². The largest absolute Gasteiger partial charge is 0.443 e. The summed E-state index contributed by atoms with van der Waals surface area (Å²) in [6.45, 7) is 13.6. The number of amides is 2. The summed E-state index contributed by atoms with van der Waals surface area (Å²) >= 11 is 6.31. The van der Waals surface area contributed by atoms with E-state index in [0.29, 0.717) is 33.6 Å². The van der Waals surface area contributed by atoms with Crippen molar-refractivity contribution in [3.8, 4) is 0 Å². The average molecular weight is 446 g/mol. The summed E-state index contributed by atoms with van der Waals surface area (Å²) < 4.78 is 5.36. The van der Waals surface area contributed by atoms with Gasteiger partial charge >= 0.3 is 6.09 Å². The predicted octanol–water partition coefficient (Wildman–Crippen LogP) is 6.91. The van der Waals surface area contributed by atoms with Crippen molar-refractivity contribution in [1.29, 1.82) is 0 Å². The predicted molar refractivity (Wildman–Crippen MR) is 125 cm³/mol. The normalized spacial score (nSPS) is 13.8. The van der Waals surface area contributed by atoms with Crippen LogP contribution in [0.1, 0.15) is 82.3 Å². The zero-order valence-electron chi connectivity index (χ0n) is 19.4. The Balaban J connectivity index is 0.00000166. The van der Waals surface area contributed by atoms with Crippen LogP contribution in [0.15, 0.2) is 30.5 Å². The van der Waals surface area contributed by atoms with Crippen molar-refractivity contribution in [1.82, 2.24) is 9.88 Å². The van der Waals surface area contributed by atoms with Crippen LogP contribution < -0.4 is 5.32 Å². The van der Waals surface area contributed by atoms with Crippen molar-refractivity contribution in [2.24, 2.45) is 0 Å². The number of halogens is 1. The van der Waals surface area contributed by atoms with Crippen LogP contribution in [0.25, 0.3) is 0 Å².